The average molecular weight is 200 g/mol. The van der Waals surface area contributed by atoms with Gasteiger partial charge in [0.25, 0.3) is 0 Å². The average Bonchev–Trinajstić information content (AvgIpc) is 2.30. The lowest BCUT2D eigenvalue weighted by Crippen LogP contribution is -1.98. The first-order chi connectivity index (χ1) is 7.29. The van der Waals surface area contributed by atoms with Gasteiger partial charge in [0.2, 0.25) is 5.82 Å². The van der Waals surface area contributed by atoms with E-state index in [1.807, 2.05) is 12.1 Å². The molecule has 0 amide bonds. The zero-order valence-corrected chi connectivity index (χ0v) is 8.81. The minimum absolute atomic E-state index is 0.572. The molecule has 0 aliphatic carbocycles. The monoisotopic (exact) mass is 200 g/mol. The summed E-state index contributed by atoms with van der Waals surface area (Å²) in [6.07, 6.45) is 1.03. The summed E-state index contributed by atoms with van der Waals surface area (Å²) in [4.78, 5) is 0. The van der Waals surface area contributed by atoms with Gasteiger partial charge in [0.05, 0.1) is 0 Å². The molecule has 15 heavy (non-hydrogen) atoms. The van der Waals surface area contributed by atoms with Crippen molar-refractivity contribution in [2.75, 3.05) is 0 Å². The molecule has 0 fully saturated rings. The molecule has 0 saturated heterocycles. The van der Waals surface area contributed by atoms with Crippen molar-refractivity contribution in [1.82, 2.24) is 20.4 Å². The summed E-state index contributed by atoms with van der Waals surface area (Å²) in [5.41, 5.74) is 2.25. The van der Waals surface area contributed by atoms with Crippen LogP contribution < -0.4 is 0 Å². The van der Waals surface area contributed by atoms with Crippen molar-refractivity contribution in [3.05, 3.63) is 35.7 Å². The van der Waals surface area contributed by atoms with Gasteiger partial charge in [0.1, 0.15) is 0 Å². The van der Waals surface area contributed by atoms with E-state index >= 15 is 0 Å². The highest BCUT2D eigenvalue weighted by Gasteiger charge is 2.01. The molecule has 0 saturated carbocycles. The van der Waals surface area contributed by atoms with Crippen LogP contribution in [0.25, 0.3) is 11.4 Å². The number of benzene rings is 1. The first kappa shape index (κ1) is 9.71. The van der Waals surface area contributed by atoms with Gasteiger partial charge >= 0.3 is 0 Å². The maximum Gasteiger partial charge on any atom is 0.203 e. The number of aryl methyl sites for hydroxylation is 2. The minimum atomic E-state index is 0.572. The van der Waals surface area contributed by atoms with Gasteiger partial charge in [0.15, 0.2) is 5.82 Å². The van der Waals surface area contributed by atoms with Crippen LogP contribution in [-0.4, -0.2) is 20.4 Å². The van der Waals surface area contributed by atoms with Crippen LogP contribution in [0.3, 0.4) is 0 Å². The Balaban J connectivity index is 2.33. The second kappa shape index (κ2) is 4.13. The highest BCUT2D eigenvalue weighted by atomic mass is 15.3. The Hall–Kier alpha value is -1.84. The largest absolute Gasteiger partial charge is 0.203 e. The molecule has 4 heteroatoms. The maximum atomic E-state index is 3.98. The van der Waals surface area contributed by atoms with Crippen LogP contribution >= 0.6 is 0 Å². The minimum Gasteiger partial charge on any atom is -0.131 e. The Labute approximate surface area is 88.4 Å². The van der Waals surface area contributed by atoms with Crippen molar-refractivity contribution in [3.63, 3.8) is 0 Å². The van der Waals surface area contributed by atoms with E-state index in [1.165, 1.54) is 5.56 Å². The van der Waals surface area contributed by atoms with E-state index in [4.69, 9.17) is 0 Å². The first-order valence-corrected chi connectivity index (χ1v) is 4.93. The van der Waals surface area contributed by atoms with E-state index in [-0.39, 0.29) is 0 Å². The molecule has 0 bridgehead atoms. The van der Waals surface area contributed by atoms with Crippen molar-refractivity contribution >= 4 is 0 Å². The highest BCUT2D eigenvalue weighted by molar-refractivity contribution is 5.54. The van der Waals surface area contributed by atoms with Gasteiger partial charge in [0, 0.05) is 5.56 Å². The topological polar surface area (TPSA) is 51.6 Å². The van der Waals surface area contributed by atoms with Crippen LogP contribution in [0.15, 0.2) is 24.3 Å². The molecule has 1 aromatic heterocycles. The third-order valence-corrected chi connectivity index (χ3v) is 2.20. The molecule has 2 aromatic rings. The van der Waals surface area contributed by atoms with Crippen molar-refractivity contribution in [3.8, 4) is 11.4 Å². The summed E-state index contributed by atoms with van der Waals surface area (Å²) in [5.74, 6) is 1.16. The fourth-order valence-electron chi connectivity index (χ4n) is 1.28. The molecule has 2 rings (SSSR count). The lowest BCUT2D eigenvalue weighted by molar-refractivity contribution is 0.816. The fourth-order valence-corrected chi connectivity index (χ4v) is 1.28. The van der Waals surface area contributed by atoms with Crippen LogP contribution in [0.5, 0.6) is 0 Å². The Morgan fingerprint density at radius 2 is 1.53 bits per heavy atom. The lowest BCUT2D eigenvalue weighted by atomic mass is 10.1. The van der Waals surface area contributed by atoms with E-state index < -0.39 is 0 Å². The van der Waals surface area contributed by atoms with E-state index in [1.54, 1.807) is 6.92 Å². The summed E-state index contributed by atoms with van der Waals surface area (Å²) < 4.78 is 0. The van der Waals surface area contributed by atoms with Gasteiger partial charge in [-0.3, -0.25) is 0 Å². The summed E-state index contributed by atoms with van der Waals surface area (Å²) in [5, 5.41) is 15.7. The molecule has 76 valence electrons. The molecule has 0 aliphatic rings. The number of hydrogen-bond acceptors (Lipinski definition) is 4. The Morgan fingerprint density at radius 3 is 2.07 bits per heavy atom. The van der Waals surface area contributed by atoms with Gasteiger partial charge in [-0.15, -0.1) is 20.4 Å². The molecule has 0 atom stereocenters. The Kier molecular flexibility index (Phi) is 2.67. The molecule has 0 spiro atoms. The molecular formula is C11H12N4. The predicted octanol–water partition coefficient (Wildman–Crippen LogP) is 1.80. The van der Waals surface area contributed by atoms with Crippen molar-refractivity contribution in [1.29, 1.82) is 0 Å². The van der Waals surface area contributed by atoms with Crippen LogP contribution in [-0.2, 0) is 6.42 Å². The molecule has 0 radical (unpaired) electrons. The van der Waals surface area contributed by atoms with E-state index in [0.717, 1.165) is 12.0 Å². The van der Waals surface area contributed by atoms with Crippen LogP contribution in [0.2, 0.25) is 0 Å². The molecule has 0 unspecified atom stereocenters. The number of rotatable bonds is 2. The third-order valence-electron chi connectivity index (χ3n) is 2.20. The second-order valence-corrected chi connectivity index (χ2v) is 3.32. The van der Waals surface area contributed by atoms with Crippen molar-refractivity contribution in [2.24, 2.45) is 0 Å². The maximum absolute atomic E-state index is 3.98. The van der Waals surface area contributed by atoms with Gasteiger partial charge in [-0.2, -0.15) is 0 Å². The normalized spacial score (nSPS) is 10.3. The van der Waals surface area contributed by atoms with E-state index in [0.29, 0.717) is 11.6 Å². The molecule has 1 heterocycles. The standard InChI is InChI=1S/C11H12N4/c1-3-9-4-6-10(7-5-9)11-14-12-8(2)13-15-11/h4-7H,3H2,1-2H3. The third kappa shape index (κ3) is 2.15. The zero-order valence-electron chi connectivity index (χ0n) is 8.81. The van der Waals surface area contributed by atoms with Crippen LogP contribution in [0.1, 0.15) is 18.3 Å². The van der Waals surface area contributed by atoms with E-state index in [9.17, 15) is 0 Å². The molecular weight excluding hydrogens is 188 g/mol. The summed E-state index contributed by atoms with van der Waals surface area (Å²) in [7, 11) is 0. The fraction of sp³-hybridized carbons (Fsp3) is 0.273. The molecule has 0 N–H and O–H groups in total. The quantitative estimate of drug-likeness (QED) is 0.741. The van der Waals surface area contributed by atoms with Gasteiger partial charge in [-0.1, -0.05) is 31.2 Å². The van der Waals surface area contributed by atoms with Gasteiger partial charge < -0.3 is 0 Å². The van der Waals surface area contributed by atoms with Gasteiger partial charge in [-0.25, -0.2) is 0 Å². The van der Waals surface area contributed by atoms with Crippen molar-refractivity contribution in [2.45, 2.75) is 20.3 Å². The van der Waals surface area contributed by atoms with Crippen molar-refractivity contribution < 1.29 is 0 Å². The number of aromatic nitrogens is 4. The molecule has 1 aromatic carbocycles. The Morgan fingerprint density at radius 1 is 0.933 bits per heavy atom. The van der Waals surface area contributed by atoms with Crippen LogP contribution in [0, 0.1) is 6.92 Å². The Bertz CT molecular complexity index is 433. The SMILES string of the molecule is CCc1ccc(-c2nnc(C)nn2)cc1. The second-order valence-electron chi connectivity index (χ2n) is 3.32. The summed E-state index contributed by atoms with van der Waals surface area (Å²) in [6.45, 7) is 3.89. The predicted molar refractivity (Wildman–Crippen MR) is 57.2 cm³/mol. The zero-order chi connectivity index (χ0) is 10.7. The summed E-state index contributed by atoms with van der Waals surface area (Å²) in [6, 6.07) is 8.12. The van der Waals surface area contributed by atoms with E-state index in [2.05, 4.69) is 39.5 Å². The number of nitrogens with zero attached hydrogens (tertiary/aromatic N) is 4. The highest BCUT2D eigenvalue weighted by Crippen LogP contribution is 2.13. The van der Waals surface area contributed by atoms with Crippen LogP contribution in [0.4, 0.5) is 0 Å². The summed E-state index contributed by atoms with van der Waals surface area (Å²) >= 11 is 0. The lowest BCUT2D eigenvalue weighted by Gasteiger charge is -1.99. The molecule has 4 nitrogen and oxygen atoms in total. The first-order valence-electron chi connectivity index (χ1n) is 4.93. The molecule has 0 aliphatic heterocycles. The smallest absolute Gasteiger partial charge is 0.131 e. The van der Waals surface area contributed by atoms with Gasteiger partial charge in [-0.05, 0) is 18.9 Å². The number of hydrogen-bond donors (Lipinski definition) is 0.